The lowest BCUT2D eigenvalue weighted by molar-refractivity contribution is 0.144. The number of nitrogens with zero attached hydrogens (tertiary/aromatic N) is 5. The van der Waals surface area contributed by atoms with Crippen LogP contribution >= 0.6 is 0 Å². The number of likely N-dealkylation sites (tertiary alicyclic amines) is 1. The average molecular weight is 486 g/mol. The number of aryl methyl sites for hydroxylation is 1. The number of phenols is 1. The van der Waals surface area contributed by atoms with Crippen molar-refractivity contribution < 1.29 is 5.11 Å². The first-order valence-electron chi connectivity index (χ1n) is 12.2. The minimum Gasteiger partial charge on any atom is -0.508 e. The van der Waals surface area contributed by atoms with Crippen LogP contribution in [0.2, 0.25) is 0 Å². The van der Waals surface area contributed by atoms with Gasteiger partial charge in [0.15, 0.2) is 0 Å². The molecule has 2 aromatic heterocycles. The number of aromatic nitrogens is 2. The van der Waals surface area contributed by atoms with E-state index in [1.807, 2.05) is 36.9 Å². The Morgan fingerprint density at radius 3 is 2.78 bits per heavy atom. The van der Waals surface area contributed by atoms with Crippen molar-refractivity contribution in [2.45, 2.75) is 20.3 Å². The summed E-state index contributed by atoms with van der Waals surface area (Å²) < 4.78 is 1.86. The normalized spacial score (nSPS) is 15.8. The third kappa shape index (κ3) is 5.18. The molecule has 0 amide bonds. The van der Waals surface area contributed by atoms with Gasteiger partial charge in [-0.1, -0.05) is 19.6 Å². The SMILES string of the molecule is C=C/C(C)=C(\C=NC)c1cc2c(NCC3CN(C)C3)c(C(N)=Nc3ccc(O)cc3CC)cnn2c1. The number of amidine groups is 1. The maximum atomic E-state index is 9.87. The summed E-state index contributed by atoms with van der Waals surface area (Å²) in [6.45, 7) is 10.9. The molecule has 0 radical (unpaired) electrons. The molecule has 1 aromatic carbocycles. The van der Waals surface area contributed by atoms with Crippen molar-refractivity contribution in [1.29, 1.82) is 0 Å². The van der Waals surface area contributed by atoms with E-state index in [0.717, 1.165) is 70.8 Å². The van der Waals surface area contributed by atoms with Crippen LogP contribution in [-0.4, -0.2) is 65.4 Å². The highest BCUT2D eigenvalue weighted by molar-refractivity contribution is 6.12. The van der Waals surface area contributed by atoms with Crippen molar-refractivity contribution in [3.63, 3.8) is 0 Å². The lowest BCUT2D eigenvalue weighted by Crippen LogP contribution is -2.46. The molecule has 4 N–H and O–H groups in total. The highest BCUT2D eigenvalue weighted by Crippen LogP contribution is 2.30. The summed E-state index contributed by atoms with van der Waals surface area (Å²) in [5.74, 6) is 1.16. The summed E-state index contributed by atoms with van der Waals surface area (Å²) in [5, 5.41) is 18.2. The number of aliphatic imine (C=N–C) groups is 2. The summed E-state index contributed by atoms with van der Waals surface area (Å²) in [5.41, 5.74) is 13.8. The second kappa shape index (κ2) is 10.8. The van der Waals surface area contributed by atoms with Gasteiger partial charge in [0, 0.05) is 56.1 Å². The van der Waals surface area contributed by atoms with Crippen molar-refractivity contribution in [3.05, 3.63) is 71.6 Å². The maximum Gasteiger partial charge on any atom is 0.135 e. The molecular formula is C28H35N7O. The van der Waals surface area contributed by atoms with Gasteiger partial charge in [-0.05, 0) is 55.8 Å². The molecule has 8 nitrogen and oxygen atoms in total. The molecule has 1 aliphatic heterocycles. The molecule has 0 unspecified atom stereocenters. The Balaban J connectivity index is 1.82. The monoisotopic (exact) mass is 485 g/mol. The van der Waals surface area contributed by atoms with Crippen LogP contribution in [0.5, 0.6) is 5.75 Å². The Morgan fingerprint density at radius 1 is 1.33 bits per heavy atom. The van der Waals surface area contributed by atoms with E-state index in [0.29, 0.717) is 11.8 Å². The molecule has 0 aliphatic carbocycles. The molecule has 3 aromatic rings. The topological polar surface area (TPSA) is 104 Å². The fraction of sp³-hybridized carbons (Fsp3) is 0.321. The van der Waals surface area contributed by atoms with E-state index in [9.17, 15) is 5.11 Å². The van der Waals surface area contributed by atoms with Gasteiger partial charge in [-0.25, -0.2) is 9.51 Å². The van der Waals surface area contributed by atoms with Crippen LogP contribution in [0, 0.1) is 5.92 Å². The van der Waals surface area contributed by atoms with Crippen molar-refractivity contribution in [1.82, 2.24) is 14.5 Å². The molecule has 36 heavy (non-hydrogen) atoms. The predicted molar refractivity (Wildman–Crippen MR) is 150 cm³/mol. The average Bonchev–Trinajstić information content (AvgIpc) is 3.29. The van der Waals surface area contributed by atoms with Crippen LogP contribution < -0.4 is 11.1 Å². The van der Waals surface area contributed by atoms with Crippen LogP contribution in [0.3, 0.4) is 0 Å². The molecule has 1 aliphatic rings. The molecule has 3 heterocycles. The Labute approximate surface area is 212 Å². The number of nitrogens with two attached hydrogens (primary N) is 1. The summed E-state index contributed by atoms with van der Waals surface area (Å²) in [4.78, 5) is 11.3. The third-order valence-electron chi connectivity index (χ3n) is 6.61. The van der Waals surface area contributed by atoms with Crippen LogP contribution in [0.4, 0.5) is 11.4 Å². The standard InChI is InChI=1S/C28H35N7O/c1-6-18(3)23(13-30-4)21-11-26-27(31-12-19-15-34(5)16-19)24(14-32-35(26)17-21)28(29)33-25-9-8-22(36)10-20(25)7-2/h6,8-11,13-14,17,19,31,36H,1,7,12,15-16H2,2-5H3,(H2,29,33)/b23-18+,30-13?. The minimum atomic E-state index is 0.218. The number of fused-ring (bicyclic) bond motifs is 1. The Morgan fingerprint density at radius 2 is 2.11 bits per heavy atom. The van der Waals surface area contributed by atoms with Gasteiger partial charge in [-0.15, -0.1) is 0 Å². The van der Waals surface area contributed by atoms with Gasteiger partial charge in [-0.2, -0.15) is 5.10 Å². The number of aromatic hydroxyl groups is 1. The van der Waals surface area contributed by atoms with Crippen LogP contribution in [0.25, 0.3) is 11.1 Å². The summed E-state index contributed by atoms with van der Waals surface area (Å²) in [6, 6.07) is 7.24. The number of phenolic OH excluding ortho intramolecular Hbond substituents is 1. The van der Waals surface area contributed by atoms with Gasteiger partial charge in [-0.3, -0.25) is 4.99 Å². The maximum absolute atomic E-state index is 9.87. The molecule has 0 bridgehead atoms. The van der Waals surface area contributed by atoms with Gasteiger partial charge in [0.1, 0.15) is 11.6 Å². The first kappa shape index (κ1) is 25.2. The minimum absolute atomic E-state index is 0.218. The van der Waals surface area contributed by atoms with E-state index in [-0.39, 0.29) is 5.75 Å². The lowest BCUT2D eigenvalue weighted by Gasteiger charge is -2.36. The van der Waals surface area contributed by atoms with Gasteiger partial charge in [0.05, 0.1) is 28.7 Å². The number of hydrogen-bond donors (Lipinski definition) is 3. The largest absolute Gasteiger partial charge is 0.508 e. The molecule has 8 heteroatoms. The zero-order valence-corrected chi connectivity index (χ0v) is 21.5. The van der Waals surface area contributed by atoms with Gasteiger partial charge in [0.2, 0.25) is 0 Å². The first-order chi connectivity index (χ1) is 17.3. The smallest absolute Gasteiger partial charge is 0.135 e. The first-order valence-corrected chi connectivity index (χ1v) is 12.2. The van der Waals surface area contributed by atoms with E-state index >= 15 is 0 Å². The molecule has 4 rings (SSSR count). The van der Waals surface area contributed by atoms with Crippen molar-refractivity contribution >= 4 is 34.5 Å². The summed E-state index contributed by atoms with van der Waals surface area (Å²) in [6.07, 6.45) is 8.16. The third-order valence-corrected chi connectivity index (χ3v) is 6.61. The molecule has 1 fully saturated rings. The molecule has 188 valence electrons. The van der Waals surface area contributed by atoms with Crippen LogP contribution in [-0.2, 0) is 6.42 Å². The van der Waals surface area contributed by atoms with E-state index in [1.54, 1.807) is 31.4 Å². The van der Waals surface area contributed by atoms with E-state index in [4.69, 9.17) is 10.7 Å². The highest BCUT2D eigenvalue weighted by atomic mass is 16.3. The number of rotatable bonds is 9. The predicted octanol–water partition coefficient (Wildman–Crippen LogP) is 4.27. The lowest BCUT2D eigenvalue weighted by atomic mass is 10.0. The Kier molecular flexibility index (Phi) is 7.55. The summed E-state index contributed by atoms with van der Waals surface area (Å²) in [7, 11) is 3.89. The van der Waals surface area contributed by atoms with Gasteiger partial charge >= 0.3 is 0 Å². The van der Waals surface area contributed by atoms with Gasteiger partial charge in [0.25, 0.3) is 0 Å². The van der Waals surface area contributed by atoms with E-state index in [2.05, 4.69) is 40.0 Å². The zero-order chi connectivity index (χ0) is 25.8. The second-order valence-electron chi connectivity index (χ2n) is 9.31. The van der Waals surface area contributed by atoms with E-state index < -0.39 is 0 Å². The van der Waals surface area contributed by atoms with Gasteiger partial charge < -0.3 is 21.1 Å². The molecular weight excluding hydrogens is 450 g/mol. The molecule has 1 saturated heterocycles. The van der Waals surface area contributed by atoms with Crippen molar-refractivity contribution in [3.8, 4) is 5.75 Å². The molecule has 0 spiro atoms. The highest BCUT2D eigenvalue weighted by Gasteiger charge is 2.24. The fourth-order valence-corrected chi connectivity index (χ4v) is 4.58. The van der Waals surface area contributed by atoms with Crippen LogP contribution in [0.15, 0.2) is 64.9 Å². The van der Waals surface area contributed by atoms with E-state index in [1.165, 1.54) is 0 Å². The summed E-state index contributed by atoms with van der Waals surface area (Å²) >= 11 is 0. The molecule has 0 atom stereocenters. The fourth-order valence-electron chi connectivity index (χ4n) is 4.58. The Bertz CT molecular complexity index is 1360. The van der Waals surface area contributed by atoms with Crippen molar-refractivity contribution in [2.24, 2.45) is 21.6 Å². The Hall–Kier alpha value is -3.91. The second-order valence-corrected chi connectivity index (χ2v) is 9.31. The number of anilines is 1. The van der Waals surface area contributed by atoms with Crippen molar-refractivity contribution in [2.75, 3.05) is 39.0 Å². The number of hydrogen-bond acceptors (Lipinski definition) is 6. The quantitative estimate of drug-likeness (QED) is 0.239. The zero-order valence-electron chi connectivity index (χ0n) is 21.5. The number of benzene rings is 1. The number of allylic oxidation sites excluding steroid dienone is 3. The number of nitrogens with one attached hydrogen (secondary N) is 1. The molecule has 0 saturated carbocycles. The van der Waals surface area contributed by atoms with Crippen LogP contribution in [0.1, 0.15) is 30.5 Å².